The van der Waals surface area contributed by atoms with Crippen molar-refractivity contribution in [2.75, 3.05) is 39.3 Å². The fraction of sp³-hybridized carbons (Fsp3) is 0.467. The number of hydrogen-bond donors (Lipinski definition) is 1. The van der Waals surface area contributed by atoms with Gasteiger partial charge in [-0.25, -0.2) is 0 Å². The number of aromatic nitrogens is 2. The van der Waals surface area contributed by atoms with Gasteiger partial charge in [-0.05, 0) is 12.1 Å². The van der Waals surface area contributed by atoms with Crippen LogP contribution in [0.5, 0.6) is 0 Å². The van der Waals surface area contributed by atoms with Gasteiger partial charge in [-0.1, -0.05) is 18.2 Å². The third kappa shape index (κ3) is 3.66. The molecule has 0 unspecified atom stereocenters. The summed E-state index contributed by atoms with van der Waals surface area (Å²) >= 11 is 0. The van der Waals surface area contributed by atoms with Gasteiger partial charge in [0.15, 0.2) is 0 Å². The number of hydrogen-bond acceptors (Lipinski definition) is 6. The molecule has 3 rings (SSSR count). The standard InChI is InChI=1S/C15H20N4O2/c20-11-10-18-6-8-19(9-7-18)12-14-16-17-15(21-14)13-4-2-1-3-5-13/h1-5,20H,6-12H2. The van der Waals surface area contributed by atoms with Gasteiger partial charge in [-0.3, -0.25) is 9.80 Å². The Hall–Kier alpha value is -1.76. The van der Waals surface area contributed by atoms with E-state index in [1.807, 2.05) is 30.3 Å². The molecule has 0 spiro atoms. The second-order valence-electron chi connectivity index (χ2n) is 5.21. The highest BCUT2D eigenvalue weighted by molar-refractivity contribution is 5.51. The first kappa shape index (κ1) is 14.2. The van der Waals surface area contributed by atoms with Gasteiger partial charge in [-0.15, -0.1) is 10.2 Å². The zero-order valence-corrected chi connectivity index (χ0v) is 12.0. The Morgan fingerprint density at radius 1 is 1.00 bits per heavy atom. The average molecular weight is 288 g/mol. The molecule has 1 saturated heterocycles. The number of piperazine rings is 1. The van der Waals surface area contributed by atoms with Crippen molar-refractivity contribution in [1.82, 2.24) is 20.0 Å². The summed E-state index contributed by atoms with van der Waals surface area (Å²) in [6.45, 7) is 5.54. The number of aliphatic hydroxyl groups is 1. The van der Waals surface area contributed by atoms with Crippen LogP contribution in [0.3, 0.4) is 0 Å². The fourth-order valence-corrected chi connectivity index (χ4v) is 2.52. The molecule has 1 aliphatic heterocycles. The van der Waals surface area contributed by atoms with Crippen molar-refractivity contribution < 1.29 is 9.52 Å². The van der Waals surface area contributed by atoms with Crippen LogP contribution in [-0.2, 0) is 6.54 Å². The van der Waals surface area contributed by atoms with Crippen LogP contribution in [-0.4, -0.2) is 64.4 Å². The summed E-state index contributed by atoms with van der Waals surface area (Å²) in [6, 6.07) is 9.81. The van der Waals surface area contributed by atoms with E-state index in [1.165, 1.54) is 0 Å². The molecule has 0 atom stereocenters. The lowest BCUT2D eigenvalue weighted by Crippen LogP contribution is -2.46. The third-order valence-electron chi connectivity index (χ3n) is 3.73. The van der Waals surface area contributed by atoms with Crippen molar-refractivity contribution in [1.29, 1.82) is 0 Å². The van der Waals surface area contributed by atoms with Crippen LogP contribution in [0.25, 0.3) is 11.5 Å². The molecule has 1 fully saturated rings. The molecule has 0 bridgehead atoms. The molecule has 0 radical (unpaired) electrons. The fourth-order valence-electron chi connectivity index (χ4n) is 2.52. The predicted molar refractivity (Wildman–Crippen MR) is 78.5 cm³/mol. The van der Waals surface area contributed by atoms with Gasteiger partial charge in [0.05, 0.1) is 13.2 Å². The van der Waals surface area contributed by atoms with Crippen LogP contribution in [0.15, 0.2) is 34.7 Å². The lowest BCUT2D eigenvalue weighted by atomic mass is 10.2. The van der Waals surface area contributed by atoms with E-state index in [1.54, 1.807) is 0 Å². The summed E-state index contributed by atoms with van der Waals surface area (Å²) in [5, 5.41) is 17.2. The van der Waals surface area contributed by atoms with Gasteiger partial charge in [0.1, 0.15) is 0 Å². The highest BCUT2D eigenvalue weighted by Crippen LogP contribution is 2.17. The SMILES string of the molecule is OCCN1CCN(Cc2nnc(-c3ccccc3)o2)CC1. The number of β-amino-alcohol motifs (C(OH)–C–C–N with tert-alkyl or cyclic N) is 1. The maximum absolute atomic E-state index is 8.94. The monoisotopic (exact) mass is 288 g/mol. The molecule has 1 aromatic heterocycles. The maximum atomic E-state index is 8.94. The first-order valence-electron chi connectivity index (χ1n) is 7.28. The van der Waals surface area contributed by atoms with Crippen molar-refractivity contribution >= 4 is 0 Å². The second kappa shape index (κ2) is 6.80. The van der Waals surface area contributed by atoms with E-state index < -0.39 is 0 Å². The molecule has 0 aliphatic carbocycles. The molecule has 6 heteroatoms. The highest BCUT2D eigenvalue weighted by atomic mass is 16.4. The Labute approximate surface area is 124 Å². The summed E-state index contributed by atoms with van der Waals surface area (Å²) in [4.78, 5) is 4.57. The molecule has 21 heavy (non-hydrogen) atoms. The van der Waals surface area contributed by atoms with Crippen LogP contribution in [0.4, 0.5) is 0 Å². The zero-order chi connectivity index (χ0) is 14.5. The molecule has 2 aromatic rings. The summed E-state index contributed by atoms with van der Waals surface area (Å²) in [6.07, 6.45) is 0. The van der Waals surface area contributed by atoms with Gasteiger partial charge in [-0.2, -0.15) is 0 Å². The van der Waals surface area contributed by atoms with Gasteiger partial charge in [0, 0.05) is 38.3 Å². The van der Waals surface area contributed by atoms with E-state index in [4.69, 9.17) is 9.52 Å². The van der Waals surface area contributed by atoms with Gasteiger partial charge in [0.2, 0.25) is 11.8 Å². The lowest BCUT2D eigenvalue weighted by Gasteiger charge is -2.33. The largest absolute Gasteiger partial charge is 0.419 e. The van der Waals surface area contributed by atoms with E-state index in [0.29, 0.717) is 18.3 Å². The average Bonchev–Trinajstić information content (AvgIpc) is 2.99. The minimum absolute atomic E-state index is 0.226. The van der Waals surface area contributed by atoms with Crippen molar-refractivity contribution in [3.63, 3.8) is 0 Å². The molecular weight excluding hydrogens is 268 g/mol. The lowest BCUT2D eigenvalue weighted by molar-refractivity contribution is 0.103. The summed E-state index contributed by atoms with van der Waals surface area (Å²) in [5.41, 5.74) is 0.948. The van der Waals surface area contributed by atoms with Crippen LogP contribution >= 0.6 is 0 Å². The number of aliphatic hydroxyl groups excluding tert-OH is 1. The van der Waals surface area contributed by atoms with E-state index in [9.17, 15) is 0 Å². The molecular formula is C15H20N4O2. The van der Waals surface area contributed by atoms with E-state index in [0.717, 1.165) is 38.3 Å². The normalized spacial score (nSPS) is 17.2. The summed E-state index contributed by atoms with van der Waals surface area (Å²) in [5.74, 6) is 1.23. The number of benzene rings is 1. The topological polar surface area (TPSA) is 65.6 Å². The van der Waals surface area contributed by atoms with Crippen molar-refractivity contribution in [2.45, 2.75) is 6.54 Å². The molecule has 1 aromatic carbocycles. The smallest absolute Gasteiger partial charge is 0.247 e. The molecule has 0 amide bonds. The van der Waals surface area contributed by atoms with Gasteiger partial charge < -0.3 is 9.52 Å². The molecule has 2 heterocycles. The summed E-state index contributed by atoms with van der Waals surface area (Å²) < 4.78 is 5.73. The minimum atomic E-state index is 0.226. The molecule has 6 nitrogen and oxygen atoms in total. The third-order valence-corrected chi connectivity index (χ3v) is 3.73. The Morgan fingerprint density at radius 3 is 2.43 bits per heavy atom. The van der Waals surface area contributed by atoms with Crippen molar-refractivity contribution in [2.24, 2.45) is 0 Å². The number of nitrogens with zero attached hydrogens (tertiary/aromatic N) is 4. The zero-order valence-electron chi connectivity index (χ0n) is 12.0. The first-order valence-corrected chi connectivity index (χ1v) is 7.28. The van der Waals surface area contributed by atoms with E-state index in [2.05, 4.69) is 20.0 Å². The minimum Gasteiger partial charge on any atom is -0.419 e. The Bertz CT molecular complexity index is 550. The molecule has 1 aliphatic rings. The van der Waals surface area contributed by atoms with Crippen molar-refractivity contribution in [3.05, 3.63) is 36.2 Å². The van der Waals surface area contributed by atoms with Crippen molar-refractivity contribution in [3.8, 4) is 11.5 Å². The summed E-state index contributed by atoms with van der Waals surface area (Å²) in [7, 11) is 0. The Morgan fingerprint density at radius 2 is 1.71 bits per heavy atom. The van der Waals surface area contributed by atoms with E-state index >= 15 is 0 Å². The quantitative estimate of drug-likeness (QED) is 0.880. The van der Waals surface area contributed by atoms with Crippen LogP contribution < -0.4 is 0 Å². The van der Waals surface area contributed by atoms with Crippen LogP contribution in [0.2, 0.25) is 0 Å². The van der Waals surface area contributed by atoms with Crippen LogP contribution in [0, 0.1) is 0 Å². The molecule has 1 N–H and O–H groups in total. The molecule has 0 saturated carbocycles. The first-order chi connectivity index (χ1) is 10.3. The van der Waals surface area contributed by atoms with Crippen LogP contribution in [0.1, 0.15) is 5.89 Å². The highest BCUT2D eigenvalue weighted by Gasteiger charge is 2.18. The predicted octanol–water partition coefficient (Wildman–Crippen LogP) is 0.846. The Balaban J connectivity index is 1.56. The number of rotatable bonds is 5. The molecule has 112 valence electrons. The van der Waals surface area contributed by atoms with E-state index in [-0.39, 0.29) is 6.61 Å². The Kier molecular flexibility index (Phi) is 4.59. The van der Waals surface area contributed by atoms with Gasteiger partial charge >= 0.3 is 0 Å². The second-order valence-corrected chi connectivity index (χ2v) is 5.21. The van der Waals surface area contributed by atoms with Gasteiger partial charge in [0.25, 0.3) is 0 Å². The maximum Gasteiger partial charge on any atom is 0.247 e.